The predicted molar refractivity (Wildman–Crippen MR) is 106 cm³/mol. The number of hydrogen-bond acceptors (Lipinski definition) is 6. The normalized spacial score (nSPS) is 12.1. The number of aromatic nitrogens is 2. The molecule has 0 saturated heterocycles. The maximum atomic E-state index is 12.7. The van der Waals surface area contributed by atoms with E-state index in [9.17, 15) is 14.4 Å². The average Bonchev–Trinajstić information content (AvgIpc) is 3.06. The first kappa shape index (κ1) is 21.1. The van der Waals surface area contributed by atoms with Gasteiger partial charge in [-0.1, -0.05) is 0 Å². The van der Waals surface area contributed by atoms with Gasteiger partial charge in [-0.05, 0) is 56.1 Å². The molecular weight excluding hydrogens is 436 g/mol. The third-order valence-corrected chi connectivity index (χ3v) is 5.89. The fourth-order valence-electron chi connectivity index (χ4n) is 2.48. The summed E-state index contributed by atoms with van der Waals surface area (Å²) in [4.78, 5) is 37.1. The van der Waals surface area contributed by atoms with Crippen molar-refractivity contribution in [3.8, 4) is 0 Å². The van der Waals surface area contributed by atoms with Crippen LogP contribution in [-0.4, -0.2) is 33.7 Å². The molecule has 3 N–H and O–H groups in total. The molecule has 1 unspecified atom stereocenters. The molecule has 0 fully saturated rings. The summed E-state index contributed by atoms with van der Waals surface area (Å²) in [6.45, 7) is 8.54. The number of hydrogen-bond donors (Lipinski definition) is 2. The van der Waals surface area contributed by atoms with E-state index < -0.39 is 17.9 Å². The molecule has 1 atom stereocenters. The van der Waals surface area contributed by atoms with Crippen molar-refractivity contribution in [1.29, 1.82) is 0 Å². The standard InChI is InChI=1S/C17H21BrN4O4S/c1-7(2)26-17(25)12-8(3)13(14(19)23)27-16(12)21-15(24)10(5)22-9(4)11(18)6-20-22/h6-7,10H,1-5H3,(H2,19,23)(H,21,24). The molecule has 0 aromatic carbocycles. The van der Waals surface area contributed by atoms with E-state index in [0.717, 1.165) is 21.5 Å². The third kappa shape index (κ3) is 4.38. The fraction of sp³-hybridized carbons (Fsp3) is 0.412. The molecule has 10 heteroatoms. The van der Waals surface area contributed by atoms with Gasteiger partial charge in [0.05, 0.1) is 32.9 Å². The van der Waals surface area contributed by atoms with Gasteiger partial charge in [-0.25, -0.2) is 4.79 Å². The summed E-state index contributed by atoms with van der Waals surface area (Å²) in [5, 5.41) is 7.11. The first-order valence-corrected chi connectivity index (χ1v) is 9.80. The van der Waals surface area contributed by atoms with Crippen LogP contribution in [0.5, 0.6) is 0 Å². The van der Waals surface area contributed by atoms with Crippen LogP contribution in [0.4, 0.5) is 5.00 Å². The maximum Gasteiger partial charge on any atom is 0.341 e. The SMILES string of the molecule is Cc1c(C(N)=O)sc(NC(=O)C(C)n2ncc(Br)c2C)c1C(=O)OC(C)C. The molecule has 0 aliphatic rings. The number of thiophene rings is 1. The lowest BCUT2D eigenvalue weighted by molar-refractivity contribution is -0.119. The Bertz CT molecular complexity index is 903. The van der Waals surface area contributed by atoms with Crippen LogP contribution in [0.25, 0.3) is 0 Å². The number of nitrogens with two attached hydrogens (primary N) is 1. The Morgan fingerprint density at radius 1 is 1.30 bits per heavy atom. The second-order valence-corrected chi connectivity index (χ2v) is 8.14. The Morgan fingerprint density at radius 2 is 1.93 bits per heavy atom. The molecule has 2 aromatic heterocycles. The van der Waals surface area contributed by atoms with E-state index in [0.29, 0.717) is 5.56 Å². The lowest BCUT2D eigenvalue weighted by Gasteiger charge is -2.15. The van der Waals surface area contributed by atoms with Crippen molar-refractivity contribution in [3.05, 3.63) is 32.4 Å². The van der Waals surface area contributed by atoms with E-state index in [1.54, 1.807) is 38.6 Å². The average molecular weight is 457 g/mol. The van der Waals surface area contributed by atoms with Gasteiger partial charge in [0.2, 0.25) is 5.91 Å². The highest BCUT2D eigenvalue weighted by Crippen LogP contribution is 2.34. The van der Waals surface area contributed by atoms with E-state index in [4.69, 9.17) is 10.5 Å². The van der Waals surface area contributed by atoms with Crippen LogP contribution < -0.4 is 11.1 Å². The van der Waals surface area contributed by atoms with Crippen molar-refractivity contribution < 1.29 is 19.1 Å². The van der Waals surface area contributed by atoms with Gasteiger partial charge in [0.1, 0.15) is 11.0 Å². The minimum Gasteiger partial charge on any atom is -0.459 e. The summed E-state index contributed by atoms with van der Waals surface area (Å²) in [6, 6.07) is -0.635. The Balaban J connectivity index is 2.38. The van der Waals surface area contributed by atoms with Gasteiger partial charge in [0.15, 0.2) is 0 Å². The number of rotatable bonds is 6. The lowest BCUT2D eigenvalue weighted by atomic mass is 10.1. The van der Waals surface area contributed by atoms with Crippen molar-refractivity contribution in [1.82, 2.24) is 9.78 Å². The molecule has 0 saturated carbocycles. The molecule has 0 aliphatic carbocycles. The number of primary amides is 1. The Kier molecular flexibility index (Phi) is 6.42. The fourth-order valence-corrected chi connectivity index (χ4v) is 3.80. The van der Waals surface area contributed by atoms with E-state index in [1.165, 1.54) is 0 Å². The highest BCUT2D eigenvalue weighted by atomic mass is 79.9. The number of halogens is 1. The Labute approximate surface area is 169 Å². The Morgan fingerprint density at radius 3 is 2.41 bits per heavy atom. The monoisotopic (exact) mass is 456 g/mol. The predicted octanol–water partition coefficient (Wildman–Crippen LogP) is 3.19. The highest BCUT2D eigenvalue weighted by molar-refractivity contribution is 9.10. The van der Waals surface area contributed by atoms with E-state index in [2.05, 4.69) is 26.3 Å². The minimum atomic E-state index is -0.670. The second kappa shape index (κ2) is 8.22. The van der Waals surface area contributed by atoms with Crippen LogP contribution in [0.2, 0.25) is 0 Å². The molecule has 2 heterocycles. The van der Waals surface area contributed by atoms with Crippen LogP contribution in [-0.2, 0) is 9.53 Å². The number of esters is 1. The number of nitrogens with one attached hydrogen (secondary N) is 1. The summed E-state index contributed by atoms with van der Waals surface area (Å²) in [7, 11) is 0. The van der Waals surface area contributed by atoms with Crippen molar-refractivity contribution in [2.75, 3.05) is 5.32 Å². The van der Waals surface area contributed by atoms with E-state index >= 15 is 0 Å². The Hall–Kier alpha value is -2.20. The van der Waals surface area contributed by atoms with Gasteiger partial charge >= 0.3 is 5.97 Å². The van der Waals surface area contributed by atoms with Crippen molar-refractivity contribution >= 4 is 50.1 Å². The van der Waals surface area contributed by atoms with Crippen LogP contribution in [0.15, 0.2) is 10.7 Å². The van der Waals surface area contributed by atoms with Crippen molar-refractivity contribution in [2.24, 2.45) is 5.73 Å². The summed E-state index contributed by atoms with van der Waals surface area (Å²) in [5.41, 5.74) is 6.71. The molecule has 0 aliphatic heterocycles. The van der Waals surface area contributed by atoms with Crippen molar-refractivity contribution in [2.45, 2.75) is 46.8 Å². The zero-order valence-corrected chi connectivity index (χ0v) is 18.0. The van der Waals surface area contributed by atoms with Gasteiger partial charge in [-0.3, -0.25) is 14.3 Å². The number of amides is 2. The van der Waals surface area contributed by atoms with Crippen LogP contribution in [0, 0.1) is 13.8 Å². The lowest BCUT2D eigenvalue weighted by Crippen LogP contribution is -2.26. The minimum absolute atomic E-state index is 0.140. The molecule has 0 spiro atoms. The molecule has 27 heavy (non-hydrogen) atoms. The van der Waals surface area contributed by atoms with Gasteiger partial charge in [-0.15, -0.1) is 11.3 Å². The summed E-state index contributed by atoms with van der Waals surface area (Å²) >= 11 is 4.31. The zero-order valence-electron chi connectivity index (χ0n) is 15.6. The van der Waals surface area contributed by atoms with Gasteiger partial charge in [-0.2, -0.15) is 5.10 Å². The quantitative estimate of drug-likeness (QED) is 0.647. The topological polar surface area (TPSA) is 116 Å². The molecule has 2 rings (SSSR count). The molecule has 8 nitrogen and oxygen atoms in total. The van der Waals surface area contributed by atoms with Gasteiger partial charge < -0.3 is 15.8 Å². The third-order valence-electron chi connectivity index (χ3n) is 3.89. The zero-order chi connectivity index (χ0) is 20.5. The number of carbonyl (C=O) groups is 3. The van der Waals surface area contributed by atoms with Gasteiger partial charge in [0, 0.05) is 0 Å². The van der Waals surface area contributed by atoms with E-state index in [1.807, 2.05) is 6.92 Å². The number of carbonyl (C=O) groups excluding carboxylic acids is 3. The molecule has 2 aromatic rings. The first-order chi connectivity index (χ1) is 12.5. The maximum absolute atomic E-state index is 12.7. The van der Waals surface area contributed by atoms with Crippen LogP contribution in [0.1, 0.15) is 58.1 Å². The van der Waals surface area contributed by atoms with E-state index in [-0.39, 0.29) is 27.5 Å². The van der Waals surface area contributed by atoms with Crippen molar-refractivity contribution in [3.63, 3.8) is 0 Å². The first-order valence-electron chi connectivity index (χ1n) is 8.19. The van der Waals surface area contributed by atoms with Gasteiger partial charge in [0.25, 0.3) is 5.91 Å². The number of nitrogens with zero attached hydrogens (tertiary/aromatic N) is 2. The smallest absolute Gasteiger partial charge is 0.341 e. The summed E-state index contributed by atoms with van der Waals surface area (Å²) < 4.78 is 7.58. The number of anilines is 1. The molecule has 0 radical (unpaired) electrons. The van der Waals surface area contributed by atoms with Crippen LogP contribution >= 0.6 is 27.3 Å². The second-order valence-electron chi connectivity index (χ2n) is 6.27. The largest absolute Gasteiger partial charge is 0.459 e. The number of ether oxygens (including phenoxy) is 1. The highest BCUT2D eigenvalue weighted by Gasteiger charge is 2.28. The molecule has 2 amide bonds. The van der Waals surface area contributed by atoms with Crippen LogP contribution in [0.3, 0.4) is 0 Å². The molecule has 0 bridgehead atoms. The molecular formula is C17H21BrN4O4S. The summed E-state index contributed by atoms with van der Waals surface area (Å²) in [5.74, 6) is -1.67. The molecule has 146 valence electrons. The summed E-state index contributed by atoms with van der Waals surface area (Å²) in [6.07, 6.45) is 1.26.